The number of amides is 1. The molecular weight excluding hydrogens is 257 g/mol. The average molecular weight is 267 g/mol. The van der Waals surface area contributed by atoms with Gasteiger partial charge in [-0.1, -0.05) is 11.6 Å². The molecule has 0 saturated carbocycles. The fourth-order valence-corrected chi connectivity index (χ4v) is 1.52. The van der Waals surface area contributed by atoms with Crippen LogP contribution < -0.4 is 0 Å². The van der Waals surface area contributed by atoms with Crippen LogP contribution in [0.1, 0.15) is 16.1 Å². The number of alkyl halides is 3. The van der Waals surface area contributed by atoms with E-state index in [1.165, 1.54) is 12.3 Å². The van der Waals surface area contributed by atoms with Crippen molar-refractivity contribution in [1.82, 2.24) is 9.88 Å². The van der Waals surface area contributed by atoms with Crippen LogP contribution in [-0.4, -0.2) is 35.6 Å². The first-order valence-corrected chi connectivity index (χ1v) is 5.03. The Morgan fingerprint density at radius 2 is 2.12 bits per heavy atom. The number of rotatable bonds is 2. The molecule has 1 aromatic heterocycles. The minimum Gasteiger partial charge on any atom is -0.333 e. The van der Waals surface area contributed by atoms with Gasteiger partial charge in [0.15, 0.2) is 0 Å². The highest BCUT2D eigenvalue weighted by Gasteiger charge is 2.32. The molecular formula is C10H10ClF3N2O. The van der Waals surface area contributed by atoms with Gasteiger partial charge in [0.25, 0.3) is 5.91 Å². The number of nitrogens with zero attached hydrogens (tertiary/aromatic N) is 2. The largest absolute Gasteiger partial charge is 0.406 e. The van der Waals surface area contributed by atoms with Crippen LogP contribution in [0.3, 0.4) is 0 Å². The number of halogens is 4. The van der Waals surface area contributed by atoms with E-state index < -0.39 is 18.6 Å². The van der Waals surface area contributed by atoms with Crippen molar-refractivity contribution >= 4 is 17.5 Å². The van der Waals surface area contributed by atoms with E-state index in [0.29, 0.717) is 10.6 Å². The lowest BCUT2D eigenvalue weighted by molar-refractivity contribution is -0.138. The van der Waals surface area contributed by atoms with E-state index >= 15 is 0 Å². The van der Waals surface area contributed by atoms with Gasteiger partial charge in [0.1, 0.15) is 6.54 Å². The molecule has 0 aliphatic carbocycles. The number of carbonyl (C=O) groups excluding carboxylic acids is 1. The molecule has 0 unspecified atom stereocenters. The number of aryl methyl sites for hydroxylation is 1. The zero-order valence-electron chi connectivity index (χ0n) is 9.18. The molecule has 1 amide bonds. The van der Waals surface area contributed by atoms with Gasteiger partial charge in [-0.25, -0.2) is 0 Å². The number of hydrogen-bond acceptors (Lipinski definition) is 2. The summed E-state index contributed by atoms with van der Waals surface area (Å²) in [6.07, 6.45) is -3.26. The molecule has 0 radical (unpaired) electrons. The van der Waals surface area contributed by atoms with Crippen molar-refractivity contribution in [3.05, 3.63) is 28.5 Å². The van der Waals surface area contributed by atoms with E-state index in [2.05, 4.69) is 4.98 Å². The zero-order chi connectivity index (χ0) is 13.2. The maximum absolute atomic E-state index is 12.1. The maximum Gasteiger partial charge on any atom is 0.406 e. The van der Waals surface area contributed by atoms with Crippen molar-refractivity contribution in [2.24, 2.45) is 0 Å². The van der Waals surface area contributed by atoms with Crippen molar-refractivity contribution in [2.75, 3.05) is 13.6 Å². The van der Waals surface area contributed by atoms with Gasteiger partial charge in [0.05, 0.1) is 10.6 Å². The van der Waals surface area contributed by atoms with Crippen LogP contribution in [0.2, 0.25) is 5.02 Å². The van der Waals surface area contributed by atoms with Gasteiger partial charge in [-0.3, -0.25) is 9.78 Å². The lowest BCUT2D eigenvalue weighted by Gasteiger charge is -2.19. The molecule has 3 nitrogen and oxygen atoms in total. The van der Waals surface area contributed by atoms with Gasteiger partial charge >= 0.3 is 6.18 Å². The highest BCUT2D eigenvalue weighted by atomic mass is 35.5. The molecule has 0 bridgehead atoms. The zero-order valence-corrected chi connectivity index (χ0v) is 9.93. The van der Waals surface area contributed by atoms with Crippen molar-refractivity contribution in [3.8, 4) is 0 Å². The second-order valence-electron chi connectivity index (χ2n) is 3.58. The van der Waals surface area contributed by atoms with Gasteiger partial charge in [-0.15, -0.1) is 0 Å². The highest BCUT2D eigenvalue weighted by Crippen LogP contribution is 2.20. The molecule has 17 heavy (non-hydrogen) atoms. The van der Waals surface area contributed by atoms with Gasteiger partial charge < -0.3 is 4.90 Å². The highest BCUT2D eigenvalue weighted by molar-refractivity contribution is 6.33. The van der Waals surface area contributed by atoms with Gasteiger partial charge in [0.2, 0.25) is 0 Å². The minimum absolute atomic E-state index is 0.0379. The third-order valence-electron chi connectivity index (χ3n) is 1.98. The quantitative estimate of drug-likeness (QED) is 0.825. The molecule has 1 rings (SSSR count). The monoisotopic (exact) mass is 266 g/mol. The Morgan fingerprint density at radius 1 is 1.53 bits per heavy atom. The summed E-state index contributed by atoms with van der Waals surface area (Å²) < 4.78 is 36.3. The number of aromatic nitrogens is 1. The predicted molar refractivity (Wildman–Crippen MR) is 57.0 cm³/mol. The molecule has 0 fully saturated rings. The molecule has 0 spiro atoms. The molecule has 1 heterocycles. The van der Waals surface area contributed by atoms with E-state index in [0.717, 1.165) is 7.05 Å². The smallest absolute Gasteiger partial charge is 0.333 e. The molecule has 0 atom stereocenters. The minimum atomic E-state index is -4.44. The Hall–Kier alpha value is -1.30. The van der Waals surface area contributed by atoms with Crippen molar-refractivity contribution in [2.45, 2.75) is 13.1 Å². The topological polar surface area (TPSA) is 33.2 Å². The first-order valence-electron chi connectivity index (χ1n) is 4.65. The van der Waals surface area contributed by atoms with Crippen molar-refractivity contribution in [1.29, 1.82) is 0 Å². The normalized spacial score (nSPS) is 11.4. The second kappa shape index (κ2) is 4.91. The first-order chi connectivity index (χ1) is 7.70. The third kappa shape index (κ3) is 3.89. The summed E-state index contributed by atoms with van der Waals surface area (Å²) in [7, 11) is 1.06. The molecule has 0 aromatic carbocycles. The lowest BCUT2D eigenvalue weighted by Crippen LogP contribution is -2.36. The van der Waals surface area contributed by atoms with E-state index in [4.69, 9.17) is 11.6 Å². The molecule has 1 aromatic rings. The standard InChI is InChI=1S/C10H10ClF3N2O/c1-6-3-8(11)7(4-15-6)9(17)16(2)5-10(12,13)14/h3-4H,5H2,1-2H3. The summed E-state index contributed by atoms with van der Waals surface area (Å²) in [5.41, 5.74) is 0.550. The SMILES string of the molecule is Cc1cc(Cl)c(C(=O)N(C)CC(F)(F)F)cn1. The van der Waals surface area contributed by atoms with Crippen LogP contribution in [0.25, 0.3) is 0 Å². The molecule has 94 valence electrons. The van der Waals surface area contributed by atoms with Gasteiger partial charge in [-0.05, 0) is 13.0 Å². The predicted octanol–water partition coefficient (Wildman–Crippen LogP) is 2.68. The second-order valence-corrected chi connectivity index (χ2v) is 3.99. The number of pyridine rings is 1. The van der Waals surface area contributed by atoms with E-state index in [1.807, 2.05) is 0 Å². The average Bonchev–Trinajstić information content (AvgIpc) is 2.14. The van der Waals surface area contributed by atoms with Gasteiger partial charge in [0, 0.05) is 18.9 Å². The summed E-state index contributed by atoms with van der Waals surface area (Å²) in [6, 6.07) is 1.43. The van der Waals surface area contributed by atoms with Crippen LogP contribution in [-0.2, 0) is 0 Å². The molecule has 0 saturated heterocycles. The summed E-state index contributed by atoms with van der Waals surface area (Å²) in [4.78, 5) is 16.0. The first kappa shape index (κ1) is 13.8. The fourth-order valence-electron chi connectivity index (χ4n) is 1.23. The van der Waals surface area contributed by atoms with Crippen LogP contribution in [0.5, 0.6) is 0 Å². The molecule has 0 N–H and O–H groups in total. The summed E-state index contributed by atoms with van der Waals surface area (Å²) in [5.74, 6) is -0.806. The Bertz CT molecular complexity index is 434. The number of hydrogen-bond donors (Lipinski definition) is 0. The van der Waals surface area contributed by atoms with Crippen molar-refractivity contribution < 1.29 is 18.0 Å². The van der Waals surface area contributed by atoms with Crippen LogP contribution in [0.4, 0.5) is 13.2 Å². The Kier molecular flexibility index (Phi) is 3.98. The molecule has 7 heteroatoms. The summed E-state index contributed by atoms with van der Waals surface area (Å²) >= 11 is 5.77. The molecule has 0 aliphatic rings. The Labute approximate surface area is 101 Å². The summed E-state index contributed by atoms with van der Waals surface area (Å²) in [5, 5.41) is 0.0940. The third-order valence-corrected chi connectivity index (χ3v) is 2.30. The van der Waals surface area contributed by atoms with Crippen LogP contribution in [0.15, 0.2) is 12.3 Å². The Balaban J connectivity index is 2.89. The van der Waals surface area contributed by atoms with Gasteiger partial charge in [-0.2, -0.15) is 13.2 Å². The lowest BCUT2D eigenvalue weighted by atomic mass is 10.2. The van der Waals surface area contributed by atoms with E-state index in [1.54, 1.807) is 6.92 Å². The van der Waals surface area contributed by atoms with Crippen LogP contribution in [0, 0.1) is 6.92 Å². The fraction of sp³-hybridized carbons (Fsp3) is 0.400. The molecule has 0 aliphatic heterocycles. The van der Waals surface area contributed by atoms with Crippen molar-refractivity contribution in [3.63, 3.8) is 0 Å². The number of carbonyl (C=O) groups is 1. The Morgan fingerprint density at radius 3 is 2.59 bits per heavy atom. The van der Waals surface area contributed by atoms with E-state index in [9.17, 15) is 18.0 Å². The summed E-state index contributed by atoms with van der Waals surface area (Å²) in [6.45, 7) is 0.343. The maximum atomic E-state index is 12.1. The van der Waals surface area contributed by atoms with E-state index in [-0.39, 0.29) is 10.6 Å². The van der Waals surface area contributed by atoms with Crippen LogP contribution >= 0.6 is 11.6 Å².